The standard InChI is InChI=1S/C14H23N3O2/c1-10-2-5-14(6-3-10)12(18)17(13(19)16-14)9-11-4-7-15-8-11/h10-11,15H,2-9H2,1H3,(H,16,19). The van der Waals surface area contributed by atoms with E-state index in [1.165, 1.54) is 4.90 Å². The fraction of sp³-hybridized carbons (Fsp3) is 0.857. The lowest BCUT2D eigenvalue weighted by Gasteiger charge is -2.33. The summed E-state index contributed by atoms with van der Waals surface area (Å²) >= 11 is 0. The number of rotatable bonds is 2. The van der Waals surface area contributed by atoms with Crippen molar-refractivity contribution < 1.29 is 9.59 Å². The Morgan fingerprint density at radius 1 is 1.26 bits per heavy atom. The molecule has 5 nitrogen and oxygen atoms in total. The van der Waals surface area contributed by atoms with Crippen LogP contribution in [0.2, 0.25) is 0 Å². The maximum atomic E-state index is 12.6. The summed E-state index contributed by atoms with van der Waals surface area (Å²) in [6, 6.07) is -0.175. The van der Waals surface area contributed by atoms with E-state index in [2.05, 4.69) is 17.6 Å². The first-order valence-electron chi connectivity index (χ1n) is 7.45. The van der Waals surface area contributed by atoms with Crippen molar-refractivity contribution in [1.29, 1.82) is 0 Å². The molecule has 0 radical (unpaired) electrons. The van der Waals surface area contributed by atoms with Crippen molar-refractivity contribution in [2.75, 3.05) is 19.6 Å². The van der Waals surface area contributed by atoms with Crippen molar-refractivity contribution in [2.24, 2.45) is 11.8 Å². The maximum absolute atomic E-state index is 12.6. The highest BCUT2D eigenvalue weighted by molar-refractivity contribution is 6.07. The molecule has 3 aliphatic rings. The summed E-state index contributed by atoms with van der Waals surface area (Å²) in [5.74, 6) is 1.12. The monoisotopic (exact) mass is 265 g/mol. The number of imide groups is 1. The fourth-order valence-electron chi connectivity index (χ4n) is 3.56. The second kappa shape index (κ2) is 4.78. The minimum absolute atomic E-state index is 0.0244. The van der Waals surface area contributed by atoms with Crippen LogP contribution in [0.5, 0.6) is 0 Å². The van der Waals surface area contributed by atoms with Crippen LogP contribution in [0.15, 0.2) is 0 Å². The molecule has 0 aromatic heterocycles. The Hall–Kier alpha value is -1.10. The van der Waals surface area contributed by atoms with Gasteiger partial charge in [-0.2, -0.15) is 0 Å². The van der Waals surface area contributed by atoms with Crippen LogP contribution in [0.4, 0.5) is 4.79 Å². The van der Waals surface area contributed by atoms with Crippen molar-refractivity contribution in [2.45, 2.75) is 44.6 Å². The number of urea groups is 1. The highest BCUT2D eigenvalue weighted by Gasteiger charge is 2.52. The Bertz CT molecular complexity index is 382. The van der Waals surface area contributed by atoms with Gasteiger partial charge >= 0.3 is 6.03 Å². The van der Waals surface area contributed by atoms with Crippen LogP contribution in [0.1, 0.15) is 39.0 Å². The van der Waals surface area contributed by atoms with Crippen LogP contribution >= 0.6 is 0 Å². The molecule has 3 amide bonds. The highest BCUT2D eigenvalue weighted by atomic mass is 16.2. The molecule has 1 unspecified atom stereocenters. The van der Waals surface area contributed by atoms with Crippen molar-refractivity contribution in [3.05, 3.63) is 0 Å². The van der Waals surface area contributed by atoms with Crippen LogP contribution in [0.25, 0.3) is 0 Å². The van der Waals surface area contributed by atoms with Gasteiger partial charge in [0.05, 0.1) is 0 Å². The molecular weight excluding hydrogens is 242 g/mol. The maximum Gasteiger partial charge on any atom is 0.325 e. The van der Waals surface area contributed by atoms with Gasteiger partial charge < -0.3 is 10.6 Å². The predicted molar refractivity (Wildman–Crippen MR) is 71.6 cm³/mol. The van der Waals surface area contributed by atoms with Gasteiger partial charge in [-0.3, -0.25) is 9.69 Å². The van der Waals surface area contributed by atoms with Gasteiger partial charge in [-0.05, 0) is 57.0 Å². The van der Waals surface area contributed by atoms with Crippen LogP contribution in [-0.4, -0.2) is 42.0 Å². The van der Waals surface area contributed by atoms with Gasteiger partial charge in [-0.1, -0.05) is 6.92 Å². The van der Waals surface area contributed by atoms with Crippen LogP contribution in [-0.2, 0) is 4.79 Å². The highest BCUT2D eigenvalue weighted by Crippen LogP contribution is 2.36. The SMILES string of the molecule is CC1CCC2(CC1)NC(=O)N(CC1CCNC1)C2=O. The first kappa shape index (κ1) is 12.9. The third kappa shape index (κ3) is 2.24. The second-order valence-electron chi connectivity index (χ2n) is 6.47. The van der Waals surface area contributed by atoms with Gasteiger partial charge in [-0.15, -0.1) is 0 Å². The Balaban J connectivity index is 1.69. The smallest absolute Gasteiger partial charge is 0.323 e. The molecule has 0 aromatic carbocycles. The Kier molecular flexibility index (Phi) is 3.25. The third-order valence-corrected chi connectivity index (χ3v) is 4.98. The van der Waals surface area contributed by atoms with E-state index in [0.29, 0.717) is 18.4 Å². The molecule has 0 bridgehead atoms. The minimum atomic E-state index is -0.574. The fourth-order valence-corrected chi connectivity index (χ4v) is 3.56. The summed E-state index contributed by atoms with van der Waals surface area (Å²) in [5.41, 5.74) is -0.574. The lowest BCUT2D eigenvalue weighted by Crippen LogP contribution is -2.49. The van der Waals surface area contributed by atoms with E-state index in [1.54, 1.807) is 0 Å². The summed E-state index contributed by atoms with van der Waals surface area (Å²) in [6.07, 6.45) is 4.73. The Morgan fingerprint density at radius 2 is 2.00 bits per heavy atom. The molecule has 19 heavy (non-hydrogen) atoms. The summed E-state index contributed by atoms with van der Waals surface area (Å²) in [5, 5.41) is 6.26. The summed E-state index contributed by atoms with van der Waals surface area (Å²) in [7, 11) is 0. The van der Waals surface area contributed by atoms with Crippen molar-refractivity contribution >= 4 is 11.9 Å². The first-order valence-corrected chi connectivity index (χ1v) is 7.45. The van der Waals surface area contributed by atoms with Crippen LogP contribution < -0.4 is 10.6 Å². The minimum Gasteiger partial charge on any atom is -0.323 e. The van der Waals surface area contributed by atoms with E-state index in [9.17, 15) is 9.59 Å². The normalized spacial score (nSPS) is 39.1. The molecule has 0 aromatic rings. The van der Waals surface area contributed by atoms with Gasteiger partial charge in [0.15, 0.2) is 0 Å². The number of carbonyl (C=O) groups is 2. The molecule has 1 aliphatic carbocycles. The first-order chi connectivity index (χ1) is 9.11. The molecule has 2 saturated heterocycles. The number of carbonyl (C=O) groups excluding carboxylic acids is 2. The topological polar surface area (TPSA) is 61.4 Å². The quantitative estimate of drug-likeness (QED) is 0.735. The van der Waals surface area contributed by atoms with Crippen molar-refractivity contribution in [3.8, 4) is 0 Å². The summed E-state index contributed by atoms with van der Waals surface area (Å²) in [4.78, 5) is 26.2. The Labute approximate surface area is 114 Å². The molecule has 106 valence electrons. The Morgan fingerprint density at radius 3 is 2.63 bits per heavy atom. The predicted octanol–water partition coefficient (Wildman–Crippen LogP) is 1.10. The zero-order valence-corrected chi connectivity index (χ0v) is 11.6. The zero-order chi connectivity index (χ0) is 13.5. The van der Waals surface area contributed by atoms with Gasteiger partial charge in [-0.25, -0.2) is 4.79 Å². The molecule has 3 rings (SSSR count). The van der Waals surface area contributed by atoms with E-state index in [-0.39, 0.29) is 11.9 Å². The van der Waals surface area contributed by atoms with Crippen LogP contribution in [0, 0.1) is 11.8 Å². The largest absolute Gasteiger partial charge is 0.325 e. The summed E-state index contributed by atoms with van der Waals surface area (Å²) in [6.45, 7) is 4.71. The average molecular weight is 265 g/mol. The lowest BCUT2D eigenvalue weighted by molar-refractivity contribution is -0.133. The molecule has 1 saturated carbocycles. The number of hydrogen-bond acceptors (Lipinski definition) is 3. The van der Waals surface area contributed by atoms with Crippen LogP contribution in [0.3, 0.4) is 0 Å². The zero-order valence-electron chi connectivity index (χ0n) is 11.6. The van der Waals surface area contributed by atoms with E-state index in [1.807, 2.05) is 0 Å². The number of nitrogens with zero attached hydrogens (tertiary/aromatic N) is 1. The van der Waals surface area contributed by atoms with Crippen molar-refractivity contribution in [1.82, 2.24) is 15.5 Å². The average Bonchev–Trinajstić information content (AvgIpc) is 2.97. The molecule has 3 fully saturated rings. The molecule has 2 heterocycles. The van der Waals surface area contributed by atoms with E-state index in [0.717, 1.165) is 45.2 Å². The molecule has 5 heteroatoms. The lowest BCUT2D eigenvalue weighted by atomic mass is 9.77. The van der Waals surface area contributed by atoms with E-state index < -0.39 is 5.54 Å². The number of nitrogens with one attached hydrogen (secondary N) is 2. The van der Waals surface area contributed by atoms with Gasteiger partial charge in [0.25, 0.3) is 5.91 Å². The van der Waals surface area contributed by atoms with E-state index >= 15 is 0 Å². The molecule has 2 N–H and O–H groups in total. The van der Waals surface area contributed by atoms with E-state index in [4.69, 9.17) is 0 Å². The molecular formula is C14H23N3O2. The third-order valence-electron chi connectivity index (χ3n) is 4.98. The van der Waals surface area contributed by atoms with Gasteiger partial charge in [0.1, 0.15) is 5.54 Å². The molecule has 1 spiro atoms. The van der Waals surface area contributed by atoms with Gasteiger partial charge in [0.2, 0.25) is 0 Å². The molecule has 2 aliphatic heterocycles. The number of amides is 3. The second-order valence-corrected chi connectivity index (χ2v) is 6.47. The molecule has 1 atom stereocenters. The number of hydrogen-bond donors (Lipinski definition) is 2. The van der Waals surface area contributed by atoms with Gasteiger partial charge in [0, 0.05) is 6.54 Å². The van der Waals surface area contributed by atoms with Crippen molar-refractivity contribution in [3.63, 3.8) is 0 Å². The summed E-state index contributed by atoms with van der Waals surface area (Å²) < 4.78 is 0.